The third-order valence-electron chi connectivity index (χ3n) is 5.23. The maximum atomic E-state index is 13.1. The number of carbonyl (C=O) groups excluding carboxylic acids is 2. The van der Waals surface area contributed by atoms with Crippen LogP contribution < -0.4 is 10.1 Å². The Morgan fingerprint density at radius 2 is 1.88 bits per heavy atom. The first kappa shape index (κ1) is 21.3. The van der Waals surface area contributed by atoms with Gasteiger partial charge >= 0.3 is 0 Å². The van der Waals surface area contributed by atoms with Crippen molar-refractivity contribution in [2.24, 2.45) is 5.10 Å². The highest BCUT2D eigenvalue weighted by atomic mass is 16.5. The summed E-state index contributed by atoms with van der Waals surface area (Å²) in [6.45, 7) is 1.74. The van der Waals surface area contributed by atoms with Gasteiger partial charge in [0.2, 0.25) is 11.8 Å². The van der Waals surface area contributed by atoms with Gasteiger partial charge in [-0.25, -0.2) is 5.01 Å². The normalized spacial score (nSPS) is 15.4. The number of hydrogen-bond acceptors (Lipinski definition) is 6. The predicted octanol–water partition coefficient (Wildman–Crippen LogP) is 4.09. The molecule has 164 valence electrons. The summed E-state index contributed by atoms with van der Waals surface area (Å²) < 4.78 is 10.2. The molecule has 1 aliphatic heterocycles. The van der Waals surface area contributed by atoms with Gasteiger partial charge in [-0.3, -0.25) is 9.59 Å². The molecule has 0 spiro atoms. The Morgan fingerprint density at radius 1 is 1.12 bits per heavy atom. The summed E-state index contributed by atoms with van der Waals surface area (Å²) in [5.41, 5.74) is 2.76. The van der Waals surface area contributed by atoms with Crippen molar-refractivity contribution in [2.75, 3.05) is 12.4 Å². The minimum atomic E-state index is -0.306. The Morgan fingerprint density at radius 3 is 2.53 bits per heavy atom. The minimum absolute atomic E-state index is 0.0206. The second-order valence-corrected chi connectivity index (χ2v) is 7.52. The van der Waals surface area contributed by atoms with Crippen molar-refractivity contribution in [1.82, 2.24) is 10.2 Å². The molecule has 0 saturated heterocycles. The van der Waals surface area contributed by atoms with E-state index in [1.54, 1.807) is 20.1 Å². The first-order valence-corrected chi connectivity index (χ1v) is 10.4. The average Bonchev–Trinajstić information content (AvgIpc) is 3.44. The second-order valence-electron chi connectivity index (χ2n) is 7.52. The van der Waals surface area contributed by atoms with Gasteiger partial charge < -0.3 is 14.6 Å². The molecule has 4 rings (SSSR count). The Labute approximate surface area is 185 Å². The summed E-state index contributed by atoms with van der Waals surface area (Å²) in [4.78, 5) is 25.3. The van der Waals surface area contributed by atoms with Crippen molar-refractivity contribution in [3.05, 3.63) is 77.6 Å². The number of aryl methyl sites for hydroxylation is 1. The number of ether oxygens (including phenoxy) is 1. The lowest BCUT2D eigenvalue weighted by Crippen LogP contribution is -2.28. The van der Waals surface area contributed by atoms with Crippen LogP contribution in [-0.2, 0) is 9.59 Å². The first-order valence-electron chi connectivity index (χ1n) is 10.4. The van der Waals surface area contributed by atoms with Crippen molar-refractivity contribution < 1.29 is 18.8 Å². The molecule has 0 unspecified atom stereocenters. The fraction of sp³-hybridized carbons (Fsp3) is 0.250. The monoisotopic (exact) mass is 432 g/mol. The third-order valence-corrected chi connectivity index (χ3v) is 5.23. The van der Waals surface area contributed by atoms with Gasteiger partial charge in [0.1, 0.15) is 11.5 Å². The van der Waals surface area contributed by atoms with E-state index < -0.39 is 0 Å². The third kappa shape index (κ3) is 4.85. The lowest BCUT2D eigenvalue weighted by Gasteiger charge is -2.22. The van der Waals surface area contributed by atoms with Gasteiger partial charge in [-0.15, -0.1) is 0 Å². The fourth-order valence-corrected chi connectivity index (χ4v) is 3.60. The molecule has 0 bridgehead atoms. The summed E-state index contributed by atoms with van der Waals surface area (Å²) in [6, 6.07) is 18.8. The molecule has 0 saturated carbocycles. The molecule has 1 aliphatic rings. The van der Waals surface area contributed by atoms with Crippen molar-refractivity contribution >= 4 is 23.3 Å². The molecule has 1 N–H and O–H groups in total. The summed E-state index contributed by atoms with van der Waals surface area (Å²) in [6.07, 6.45) is 0.639. The Balaban J connectivity index is 1.49. The highest BCUT2D eigenvalue weighted by molar-refractivity contribution is 6.03. The molecule has 1 atom stereocenters. The van der Waals surface area contributed by atoms with Crippen LogP contribution in [0.5, 0.6) is 5.75 Å². The van der Waals surface area contributed by atoms with Crippen LogP contribution in [0.15, 0.2) is 70.3 Å². The SMILES string of the molecule is COc1ccc([C@@H]2CC(c3ccccc3)=NN2C(=O)CCC(=O)Nc2cc(C)on2)cc1. The maximum Gasteiger partial charge on any atom is 0.243 e. The molecule has 8 nitrogen and oxygen atoms in total. The van der Waals surface area contributed by atoms with Crippen LogP contribution in [0.2, 0.25) is 0 Å². The van der Waals surface area contributed by atoms with E-state index >= 15 is 0 Å². The zero-order valence-electron chi connectivity index (χ0n) is 17.9. The van der Waals surface area contributed by atoms with Crippen LogP contribution in [-0.4, -0.2) is 34.8 Å². The van der Waals surface area contributed by atoms with Gasteiger partial charge in [0, 0.05) is 25.3 Å². The van der Waals surface area contributed by atoms with E-state index in [-0.39, 0.29) is 30.7 Å². The summed E-state index contributed by atoms with van der Waals surface area (Å²) in [5.74, 6) is 1.15. The number of nitrogens with one attached hydrogen (secondary N) is 1. The number of hydrazone groups is 1. The largest absolute Gasteiger partial charge is 0.497 e. The lowest BCUT2D eigenvalue weighted by atomic mass is 9.98. The van der Waals surface area contributed by atoms with Crippen LogP contribution in [0.3, 0.4) is 0 Å². The van der Waals surface area contributed by atoms with Gasteiger partial charge in [0.25, 0.3) is 0 Å². The Kier molecular flexibility index (Phi) is 6.30. The summed E-state index contributed by atoms with van der Waals surface area (Å²) in [5, 5.41) is 12.5. The number of carbonyl (C=O) groups is 2. The van der Waals surface area contributed by atoms with E-state index in [0.29, 0.717) is 18.0 Å². The van der Waals surface area contributed by atoms with Gasteiger partial charge in [0.05, 0.1) is 18.9 Å². The molecule has 1 aromatic heterocycles. The van der Waals surface area contributed by atoms with Crippen LogP contribution in [0.1, 0.15) is 42.2 Å². The summed E-state index contributed by atoms with van der Waals surface area (Å²) >= 11 is 0. The van der Waals surface area contributed by atoms with Gasteiger partial charge in [-0.2, -0.15) is 5.10 Å². The van der Waals surface area contributed by atoms with Crippen LogP contribution in [0.25, 0.3) is 0 Å². The number of benzene rings is 2. The lowest BCUT2D eigenvalue weighted by molar-refractivity contribution is -0.134. The number of anilines is 1. The molecule has 0 radical (unpaired) electrons. The van der Waals surface area contributed by atoms with E-state index in [9.17, 15) is 9.59 Å². The number of methoxy groups -OCH3 is 1. The van der Waals surface area contributed by atoms with Crippen LogP contribution >= 0.6 is 0 Å². The molecule has 2 heterocycles. The molecule has 0 fully saturated rings. The fourth-order valence-electron chi connectivity index (χ4n) is 3.60. The summed E-state index contributed by atoms with van der Waals surface area (Å²) in [7, 11) is 1.61. The molecule has 3 aromatic rings. The van der Waals surface area contributed by atoms with E-state index in [2.05, 4.69) is 15.6 Å². The molecular weight excluding hydrogens is 408 g/mol. The topological polar surface area (TPSA) is 97.0 Å². The highest BCUT2D eigenvalue weighted by Crippen LogP contribution is 2.34. The Bertz CT molecular complexity index is 1120. The number of amides is 2. The number of rotatable bonds is 7. The van der Waals surface area contributed by atoms with Crippen molar-refractivity contribution in [3.63, 3.8) is 0 Å². The smallest absolute Gasteiger partial charge is 0.243 e. The van der Waals surface area contributed by atoms with Crippen LogP contribution in [0.4, 0.5) is 5.82 Å². The van der Waals surface area contributed by atoms with E-state index in [4.69, 9.17) is 9.26 Å². The van der Waals surface area contributed by atoms with Crippen molar-refractivity contribution in [3.8, 4) is 5.75 Å². The zero-order chi connectivity index (χ0) is 22.5. The second kappa shape index (κ2) is 9.47. The quantitative estimate of drug-likeness (QED) is 0.607. The van der Waals surface area contributed by atoms with Gasteiger partial charge in [0.15, 0.2) is 5.82 Å². The van der Waals surface area contributed by atoms with Crippen LogP contribution in [0, 0.1) is 6.92 Å². The van der Waals surface area contributed by atoms with E-state index in [1.807, 2.05) is 54.6 Å². The van der Waals surface area contributed by atoms with Gasteiger partial charge in [-0.05, 0) is 30.2 Å². The van der Waals surface area contributed by atoms with E-state index in [1.165, 1.54) is 5.01 Å². The number of aromatic nitrogens is 1. The molecule has 0 aliphatic carbocycles. The number of nitrogens with zero attached hydrogens (tertiary/aromatic N) is 3. The molecule has 32 heavy (non-hydrogen) atoms. The number of hydrogen-bond donors (Lipinski definition) is 1. The molecular formula is C24H24N4O4. The van der Waals surface area contributed by atoms with E-state index in [0.717, 1.165) is 22.6 Å². The molecule has 2 amide bonds. The maximum absolute atomic E-state index is 13.1. The highest BCUT2D eigenvalue weighted by Gasteiger charge is 2.33. The standard InChI is InChI=1S/C24H24N4O4/c1-16-14-22(27-32-16)25-23(29)12-13-24(30)28-21(18-8-10-19(31-2)11-9-18)15-20(26-28)17-6-4-3-5-7-17/h3-11,14,21H,12-13,15H2,1-2H3,(H,25,27,29)/t21-/m0/s1. The molecule has 8 heteroatoms. The predicted molar refractivity (Wildman–Crippen MR) is 119 cm³/mol. The van der Waals surface area contributed by atoms with Crippen molar-refractivity contribution in [1.29, 1.82) is 0 Å². The minimum Gasteiger partial charge on any atom is -0.497 e. The Hall–Kier alpha value is -3.94. The molecule has 2 aromatic carbocycles. The van der Waals surface area contributed by atoms with Gasteiger partial charge in [-0.1, -0.05) is 47.6 Å². The zero-order valence-corrected chi connectivity index (χ0v) is 17.9. The van der Waals surface area contributed by atoms with Crippen molar-refractivity contribution in [2.45, 2.75) is 32.2 Å². The first-order chi connectivity index (χ1) is 15.5. The average molecular weight is 432 g/mol.